The lowest BCUT2D eigenvalue weighted by atomic mass is 10.0. The molecule has 0 aliphatic carbocycles. The molecule has 1 N–H and O–H groups in total. The lowest BCUT2D eigenvalue weighted by Gasteiger charge is -2.11. The first-order valence-electron chi connectivity index (χ1n) is 8.52. The van der Waals surface area contributed by atoms with Crippen LogP contribution in [-0.2, 0) is 6.42 Å². The van der Waals surface area contributed by atoms with Crippen molar-refractivity contribution < 1.29 is 0 Å². The number of fused-ring (bicyclic) bond motifs is 1. The summed E-state index contributed by atoms with van der Waals surface area (Å²) in [7, 11) is 0. The summed E-state index contributed by atoms with van der Waals surface area (Å²) >= 11 is 9.83. The monoisotopic (exact) mass is 415 g/mol. The molecular weight excluding hydrogens is 398 g/mol. The van der Waals surface area contributed by atoms with Gasteiger partial charge in [-0.25, -0.2) is 4.68 Å². The van der Waals surface area contributed by atoms with Gasteiger partial charge in [-0.1, -0.05) is 45.7 Å². The molecule has 0 bridgehead atoms. The molecule has 3 aromatic rings. The second-order valence-electron chi connectivity index (χ2n) is 6.38. The highest BCUT2D eigenvalue weighted by Gasteiger charge is 2.23. The topological polar surface area (TPSA) is 29.9 Å². The highest BCUT2D eigenvalue weighted by molar-refractivity contribution is 9.10. The number of hydrogen-bond donors (Lipinski definition) is 1. The van der Waals surface area contributed by atoms with Crippen LogP contribution in [-0.4, -0.2) is 16.3 Å². The quantitative estimate of drug-likeness (QED) is 0.554. The highest BCUT2D eigenvalue weighted by Crippen LogP contribution is 2.37. The molecule has 0 spiro atoms. The van der Waals surface area contributed by atoms with E-state index < -0.39 is 0 Å². The Hall–Kier alpha value is -1.78. The standard InChI is InChI=1S/C20H19BrClN3/c1-13-12-14(22)9-10-18(13)25-20-16(7-4-5-11-23-20)19(24-25)15-6-2-3-8-17(15)21/h2-3,6,8-10,12,23H,4-5,7,11H2,1H3. The SMILES string of the molecule is Cc1cc(Cl)ccc1-n1nc(-c2ccccc2Br)c2c1NCCCC2. The molecule has 4 rings (SSSR count). The number of nitrogens with one attached hydrogen (secondary N) is 1. The van der Waals surface area contributed by atoms with Gasteiger partial charge in [0.2, 0.25) is 0 Å². The number of aromatic nitrogens is 2. The number of nitrogens with zero attached hydrogens (tertiary/aromatic N) is 2. The Morgan fingerprint density at radius 2 is 2.00 bits per heavy atom. The van der Waals surface area contributed by atoms with E-state index in [-0.39, 0.29) is 0 Å². The molecule has 1 aliphatic rings. The van der Waals surface area contributed by atoms with E-state index in [1.54, 1.807) is 0 Å². The summed E-state index contributed by atoms with van der Waals surface area (Å²) in [5.41, 5.74) is 5.65. The van der Waals surface area contributed by atoms with Gasteiger partial charge in [-0.15, -0.1) is 0 Å². The Bertz CT molecular complexity index is 933. The van der Waals surface area contributed by atoms with Gasteiger partial charge in [0.1, 0.15) is 5.82 Å². The minimum absolute atomic E-state index is 0.749. The minimum Gasteiger partial charge on any atom is -0.370 e. The van der Waals surface area contributed by atoms with Gasteiger partial charge in [0, 0.05) is 27.2 Å². The fourth-order valence-electron chi connectivity index (χ4n) is 3.40. The number of halogens is 2. The van der Waals surface area contributed by atoms with Gasteiger partial charge in [0.25, 0.3) is 0 Å². The maximum atomic E-state index is 6.14. The third-order valence-corrected chi connectivity index (χ3v) is 5.57. The van der Waals surface area contributed by atoms with E-state index in [9.17, 15) is 0 Å². The van der Waals surface area contributed by atoms with Gasteiger partial charge in [0.05, 0.1) is 11.4 Å². The van der Waals surface area contributed by atoms with E-state index in [1.165, 1.54) is 18.4 Å². The summed E-state index contributed by atoms with van der Waals surface area (Å²) in [6.07, 6.45) is 3.37. The molecule has 128 valence electrons. The lowest BCUT2D eigenvalue weighted by Crippen LogP contribution is -2.08. The van der Waals surface area contributed by atoms with E-state index in [0.29, 0.717) is 0 Å². The van der Waals surface area contributed by atoms with Crippen LogP contribution in [0.15, 0.2) is 46.9 Å². The summed E-state index contributed by atoms with van der Waals surface area (Å²) in [6.45, 7) is 3.05. The normalized spacial score (nSPS) is 13.9. The van der Waals surface area contributed by atoms with Crippen LogP contribution in [0, 0.1) is 6.92 Å². The third kappa shape index (κ3) is 3.09. The van der Waals surface area contributed by atoms with E-state index in [2.05, 4.69) is 46.4 Å². The zero-order valence-electron chi connectivity index (χ0n) is 14.0. The zero-order valence-corrected chi connectivity index (χ0v) is 16.4. The van der Waals surface area contributed by atoms with Crippen LogP contribution in [0.5, 0.6) is 0 Å². The summed E-state index contributed by atoms with van der Waals surface area (Å²) in [4.78, 5) is 0. The Balaban J connectivity index is 1.95. The second-order valence-corrected chi connectivity index (χ2v) is 7.67. The van der Waals surface area contributed by atoms with Crippen LogP contribution in [0.1, 0.15) is 24.0 Å². The first kappa shape index (κ1) is 16.7. The van der Waals surface area contributed by atoms with E-state index in [1.807, 2.05) is 28.9 Å². The molecule has 0 fully saturated rings. The molecule has 0 unspecified atom stereocenters. The first-order chi connectivity index (χ1) is 12.1. The summed E-state index contributed by atoms with van der Waals surface area (Å²) in [6, 6.07) is 14.2. The van der Waals surface area contributed by atoms with Crippen LogP contribution < -0.4 is 5.32 Å². The Morgan fingerprint density at radius 3 is 2.80 bits per heavy atom. The summed E-state index contributed by atoms with van der Waals surface area (Å²) in [5, 5.41) is 9.35. The van der Waals surface area contributed by atoms with Gasteiger partial charge >= 0.3 is 0 Å². The van der Waals surface area contributed by atoms with Crippen LogP contribution in [0.2, 0.25) is 5.02 Å². The van der Waals surface area contributed by atoms with Crippen molar-refractivity contribution in [1.29, 1.82) is 0 Å². The molecular formula is C20H19BrClN3. The van der Waals surface area contributed by atoms with Gasteiger partial charge in [-0.3, -0.25) is 0 Å². The number of rotatable bonds is 2. The predicted octanol–water partition coefficient (Wildman–Crippen LogP) is 6.01. The molecule has 0 saturated heterocycles. The average molecular weight is 417 g/mol. The smallest absolute Gasteiger partial charge is 0.133 e. The molecule has 1 aliphatic heterocycles. The van der Waals surface area contributed by atoms with Gasteiger partial charge in [-0.05, 0) is 56.0 Å². The third-order valence-electron chi connectivity index (χ3n) is 4.65. The molecule has 0 radical (unpaired) electrons. The highest BCUT2D eigenvalue weighted by atomic mass is 79.9. The van der Waals surface area contributed by atoms with E-state index in [0.717, 1.165) is 50.8 Å². The van der Waals surface area contributed by atoms with E-state index >= 15 is 0 Å². The average Bonchev–Trinajstić information content (AvgIpc) is 2.78. The van der Waals surface area contributed by atoms with Crippen molar-refractivity contribution in [2.45, 2.75) is 26.2 Å². The zero-order chi connectivity index (χ0) is 17.4. The fraction of sp³-hybridized carbons (Fsp3) is 0.250. The van der Waals surface area contributed by atoms with Crippen molar-refractivity contribution in [3.63, 3.8) is 0 Å². The van der Waals surface area contributed by atoms with Crippen LogP contribution in [0.25, 0.3) is 16.9 Å². The molecule has 0 atom stereocenters. The van der Waals surface area contributed by atoms with Crippen molar-refractivity contribution in [2.75, 3.05) is 11.9 Å². The lowest BCUT2D eigenvalue weighted by molar-refractivity contribution is 0.779. The largest absolute Gasteiger partial charge is 0.370 e. The molecule has 0 saturated carbocycles. The fourth-order valence-corrected chi connectivity index (χ4v) is 4.10. The predicted molar refractivity (Wildman–Crippen MR) is 108 cm³/mol. The van der Waals surface area contributed by atoms with Gasteiger partial charge < -0.3 is 5.32 Å². The Morgan fingerprint density at radius 1 is 1.16 bits per heavy atom. The summed E-state index contributed by atoms with van der Waals surface area (Å²) in [5.74, 6) is 1.11. The van der Waals surface area contributed by atoms with Crippen molar-refractivity contribution in [1.82, 2.24) is 9.78 Å². The first-order valence-corrected chi connectivity index (χ1v) is 9.69. The molecule has 2 heterocycles. The summed E-state index contributed by atoms with van der Waals surface area (Å²) < 4.78 is 3.11. The molecule has 25 heavy (non-hydrogen) atoms. The number of anilines is 1. The Labute approximate surface area is 161 Å². The molecule has 3 nitrogen and oxygen atoms in total. The van der Waals surface area contributed by atoms with Crippen LogP contribution in [0.3, 0.4) is 0 Å². The molecule has 0 amide bonds. The number of benzene rings is 2. The molecule has 2 aromatic carbocycles. The molecule has 1 aromatic heterocycles. The van der Waals surface area contributed by atoms with E-state index in [4.69, 9.17) is 16.7 Å². The van der Waals surface area contributed by atoms with Crippen LogP contribution in [0.4, 0.5) is 5.82 Å². The van der Waals surface area contributed by atoms with Crippen molar-refractivity contribution >= 4 is 33.3 Å². The van der Waals surface area contributed by atoms with Crippen LogP contribution >= 0.6 is 27.5 Å². The van der Waals surface area contributed by atoms with Crippen molar-refractivity contribution in [3.8, 4) is 16.9 Å². The minimum atomic E-state index is 0.749. The number of hydrogen-bond acceptors (Lipinski definition) is 2. The van der Waals surface area contributed by atoms with Gasteiger partial charge in [-0.2, -0.15) is 5.10 Å². The van der Waals surface area contributed by atoms with Crippen molar-refractivity contribution in [3.05, 3.63) is 63.1 Å². The Kier molecular flexibility index (Phi) is 4.57. The maximum Gasteiger partial charge on any atom is 0.133 e. The number of aryl methyl sites for hydroxylation is 1. The maximum absolute atomic E-state index is 6.14. The molecule has 5 heteroatoms. The van der Waals surface area contributed by atoms with Gasteiger partial charge in [0.15, 0.2) is 0 Å². The second kappa shape index (κ2) is 6.85. The van der Waals surface area contributed by atoms with Crippen molar-refractivity contribution in [2.24, 2.45) is 0 Å².